The summed E-state index contributed by atoms with van der Waals surface area (Å²) in [5, 5.41) is 33.6. The number of nitro groups is 2. The first-order valence-electron chi connectivity index (χ1n) is 16.1. The van der Waals surface area contributed by atoms with Crippen molar-refractivity contribution in [3.05, 3.63) is 97.3 Å². The first-order valence-corrected chi connectivity index (χ1v) is 16.1. The first kappa shape index (κ1) is 45.8. The van der Waals surface area contributed by atoms with Crippen LogP contribution in [0.3, 0.4) is 0 Å². The minimum absolute atomic E-state index is 0.0278. The molecular formula is C33H41F7N6O7. The second kappa shape index (κ2) is 22.6. The summed E-state index contributed by atoms with van der Waals surface area (Å²) >= 11 is 0. The van der Waals surface area contributed by atoms with Gasteiger partial charge < -0.3 is 31.9 Å². The highest BCUT2D eigenvalue weighted by Crippen LogP contribution is 2.34. The van der Waals surface area contributed by atoms with Gasteiger partial charge in [-0.3, -0.25) is 25.0 Å². The van der Waals surface area contributed by atoms with Crippen molar-refractivity contribution in [3.63, 3.8) is 0 Å². The number of aliphatic hydroxyl groups is 1. The molecule has 294 valence electrons. The van der Waals surface area contributed by atoms with E-state index in [1.54, 1.807) is 13.8 Å². The predicted molar refractivity (Wildman–Crippen MR) is 182 cm³/mol. The molecule has 13 nitrogen and oxygen atoms in total. The zero-order valence-corrected chi connectivity index (χ0v) is 28.9. The Morgan fingerprint density at radius 3 is 1.47 bits per heavy atom. The molecule has 6 rings (SSSR count). The van der Waals surface area contributed by atoms with Crippen LogP contribution in [0.2, 0.25) is 0 Å². The quantitative estimate of drug-likeness (QED) is 0.0404. The number of rotatable bonds is 7. The van der Waals surface area contributed by atoms with Crippen LogP contribution in [0.4, 0.5) is 59.2 Å². The Hall–Kier alpha value is -5.24. The highest BCUT2D eigenvalue weighted by atomic mass is 19.2. The van der Waals surface area contributed by atoms with Crippen molar-refractivity contribution in [2.75, 3.05) is 29.6 Å². The van der Waals surface area contributed by atoms with E-state index >= 15 is 0 Å². The first-order chi connectivity index (χ1) is 24.9. The number of esters is 1. The minimum atomic E-state index is -1.83. The molecule has 0 spiro atoms. The van der Waals surface area contributed by atoms with Crippen LogP contribution in [-0.2, 0) is 9.53 Å². The standard InChI is InChI=1S/C9H8F2N2O2.C9H10F2N2.C6H2F3NO2.C4H8O2.C3H7N.C2H6O/c10-6-3-4-7(13(14)15)9(8(6)11)12-5-1-2-5;10-6-3-4-7(12)9(8(6)11)13-5-1-2-5;7-3-1-2-4(10(11)12)6(9)5(3)8;1-3-6-4(2)5;4-3-1-2-3;1-2-3/h3-5,12H,1-2H2;3-5,13H,1-2,12H2;1-2H;3H2,1-2H3;3H,1-2,4H2;3H,2H2,1H3. The second-order valence-corrected chi connectivity index (χ2v) is 11.2. The van der Waals surface area contributed by atoms with E-state index < -0.39 is 61.9 Å². The third kappa shape index (κ3) is 17.2. The van der Waals surface area contributed by atoms with Gasteiger partial charge >= 0.3 is 11.7 Å². The molecular weight excluding hydrogens is 725 g/mol. The number of halogens is 7. The van der Waals surface area contributed by atoms with Gasteiger partial charge in [0.1, 0.15) is 0 Å². The molecule has 0 heterocycles. The third-order valence-electron chi connectivity index (χ3n) is 6.43. The smallest absolute Gasteiger partial charge is 0.308 e. The summed E-state index contributed by atoms with van der Waals surface area (Å²) in [5.74, 6) is -9.27. The van der Waals surface area contributed by atoms with Crippen molar-refractivity contribution in [1.82, 2.24) is 0 Å². The number of hydrogen-bond donors (Lipinski definition) is 5. The molecule has 3 fully saturated rings. The summed E-state index contributed by atoms with van der Waals surface area (Å²) in [4.78, 5) is 28.5. The summed E-state index contributed by atoms with van der Waals surface area (Å²) in [5.41, 5.74) is 9.22. The number of ether oxygens (including phenoxy) is 1. The minimum Gasteiger partial charge on any atom is -0.466 e. The number of nitrogens with two attached hydrogens (primary N) is 2. The number of carbonyl (C=O) groups is 1. The molecule has 53 heavy (non-hydrogen) atoms. The van der Waals surface area contributed by atoms with Crippen molar-refractivity contribution in [2.45, 2.75) is 77.4 Å². The van der Waals surface area contributed by atoms with Gasteiger partial charge in [0.25, 0.3) is 5.69 Å². The number of nitrogen functional groups attached to an aromatic ring is 1. The Labute approximate surface area is 299 Å². The molecule has 3 aliphatic carbocycles. The number of anilines is 3. The van der Waals surface area contributed by atoms with E-state index in [1.165, 1.54) is 25.8 Å². The average molecular weight is 767 g/mol. The molecule has 3 aromatic rings. The monoisotopic (exact) mass is 766 g/mol. The van der Waals surface area contributed by atoms with Gasteiger partial charge in [-0.05, 0) is 76.6 Å². The van der Waals surface area contributed by atoms with Crippen LogP contribution in [-0.4, -0.2) is 52.3 Å². The Balaban J connectivity index is 0.000000342. The molecule has 3 aliphatic rings. The van der Waals surface area contributed by atoms with Crippen LogP contribution < -0.4 is 22.1 Å². The molecule has 0 amide bonds. The van der Waals surface area contributed by atoms with Gasteiger partial charge in [0.2, 0.25) is 11.6 Å². The highest BCUT2D eigenvalue weighted by molar-refractivity contribution is 5.67. The number of nitro benzene ring substituents is 2. The Kier molecular flexibility index (Phi) is 19.6. The van der Waals surface area contributed by atoms with Crippen LogP contribution >= 0.6 is 0 Å². The van der Waals surface area contributed by atoms with Crippen molar-refractivity contribution < 1.29 is 55.2 Å². The Morgan fingerprint density at radius 1 is 0.736 bits per heavy atom. The molecule has 0 unspecified atom stereocenters. The fraction of sp³-hybridized carbons (Fsp3) is 0.424. The lowest BCUT2D eigenvalue weighted by Gasteiger charge is -2.09. The van der Waals surface area contributed by atoms with E-state index in [9.17, 15) is 55.8 Å². The molecule has 0 atom stereocenters. The molecule has 0 aliphatic heterocycles. The molecule has 0 radical (unpaired) electrons. The maximum absolute atomic E-state index is 13.3. The van der Waals surface area contributed by atoms with Gasteiger partial charge in [-0.25, -0.2) is 26.3 Å². The molecule has 3 saturated carbocycles. The number of hydrogen-bond acceptors (Lipinski definition) is 11. The topological polar surface area (TPSA) is 209 Å². The lowest BCUT2D eigenvalue weighted by Crippen LogP contribution is -2.07. The zero-order valence-electron chi connectivity index (χ0n) is 28.9. The van der Waals surface area contributed by atoms with Gasteiger partial charge in [0, 0.05) is 43.8 Å². The highest BCUT2D eigenvalue weighted by Gasteiger charge is 2.29. The van der Waals surface area contributed by atoms with Crippen molar-refractivity contribution in [2.24, 2.45) is 5.73 Å². The van der Waals surface area contributed by atoms with E-state index in [-0.39, 0.29) is 41.7 Å². The van der Waals surface area contributed by atoms with Crippen LogP contribution in [0.15, 0.2) is 36.4 Å². The number of nitrogens with one attached hydrogen (secondary N) is 2. The summed E-state index contributed by atoms with van der Waals surface area (Å²) in [6.45, 7) is 5.58. The predicted octanol–water partition coefficient (Wildman–Crippen LogP) is 7.26. The van der Waals surface area contributed by atoms with Crippen molar-refractivity contribution >= 4 is 34.4 Å². The maximum atomic E-state index is 13.3. The van der Waals surface area contributed by atoms with E-state index in [1.807, 2.05) is 0 Å². The van der Waals surface area contributed by atoms with Crippen LogP contribution in [0.5, 0.6) is 0 Å². The van der Waals surface area contributed by atoms with Crippen molar-refractivity contribution in [1.29, 1.82) is 0 Å². The Bertz CT molecular complexity index is 1680. The van der Waals surface area contributed by atoms with Gasteiger partial charge in [0.15, 0.2) is 34.8 Å². The molecule has 0 saturated heterocycles. The lowest BCUT2D eigenvalue weighted by molar-refractivity contribution is -0.387. The fourth-order valence-electron chi connectivity index (χ4n) is 3.36. The van der Waals surface area contributed by atoms with Gasteiger partial charge in [-0.15, -0.1) is 0 Å². The third-order valence-corrected chi connectivity index (χ3v) is 6.43. The molecule has 20 heteroatoms. The van der Waals surface area contributed by atoms with E-state index in [0.29, 0.717) is 24.8 Å². The zero-order chi connectivity index (χ0) is 40.4. The van der Waals surface area contributed by atoms with Crippen LogP contribution in [0.1, 0.15) is 59.3 Å². The molecule has 7 N–H and O–H groups in total. The summed E-state index contributed by atoms with van der Waals surface area (Å²) in [6.07, 6.45) is 6.17. The lowest BCUT2D eigenvalue weighted by atomic mass is 10.2. The van der Waals surface area contributed by atoms with Gasteiger partial charge in [-0.1, -0.05) is 0 Å². The normalized spacial score (nSPS) is 13.6. The summed E-state index contributed by atoms with van der Waals surface area (Å²) < 4.78 is 93.4. The van der Waals surface area contributed by atoms with Gasteiger partial charge in [-0.2, -0.15) is 4.39 Å². The van der Waals surface area contributed by atoms with E-state index in [2.05, 4.69) is 15.4 Å². The molecule has 3 aromatic carbocycles. The van der Waals surface area contributed by atoms with Crippen molar-refractivity contribution in [3.8, 4) is 0 Å². The summed E-state index contributed by atoms with van der Waals surface area (Å²) in [7, 11) is 0. The number of aliphatic hydroxyl groups excluding tert-OH is 1. The van der Waals surface area contributed by atoms with E-state index in [4.69, 9.17) is 16.6 Å². The van der Waals surface area contributed by atoms with Gasteiger partial charge in [0.05, 0.1) is 27.8 Å². The number of benzene rings is 3. The molecule has 0 bridgehead atoms. The number of nitrogens with zero attached hydrogens (tertiary/aromatic N) is 2. The molecule has 0 aromatic heterocycles. The SMILES string of the molecule is CCO.CCOC(C)=O.NC1CC1.Nc1ccc(F)c(F)c1NC1CC1.O=[N+]([O-])c1ccc(F)c(F)c1F.O=[N+]([O-])c1ccc(F)c(F)c1NC1CC1. The largest absolute Gasteiger partial charge is 0.466 e. The van der Waals surface area contributed by atoms with Crippen LogP contribution in [0.25, 0.3) is 0 Å². The fourth-order valence-corrected chi connectivity index (χ4v) is 3.36. The summed E-state index contributed by atoms with van der Waals surface area (Å²) in [6, 6.07) is 6.05. The maximum Gasteiger partial charge on any atom is 0.308 e. The van der Waals surface area contributed by atoms with E-state index in [0.717, 1.165) is 43.9 Å². The number of carbonyl (C=O) groups excluding carboxylic acids is 1. The second-order valence-electron chi connectivity index (χ2n) is 11.2. The average Bonchev–Trinajstić information content (AvgIpc) is 3.94. The van der Waals surface area contributed by atoms with Crippen LogP contribution in [0, 0.1) is 60.9 Å². The Morgan fingerprint density at radius 2 is 1.11 bits per heavy atom.